The molecule has 0 bridgehead atoms. The minimum absolute atomic E-state index is 0.0312. The first-order valence-corrected chi connectivity index (χ1v) is 17.7. The molecule has 0 aromatic heterocycles. The third-order valence-corrected chi connectivity index (χ3v) is 10.3. The van der Waals surface area contributed by atoms with Gasteiger partial charge in [0, 0.05) is 19.0 Å². The lowest BCUT2D eigenvalue weighted by atomic mass is 10.0. The van der Waals surface area contributed by atoms with Gasteiger partial charge in [0.2, 0.25) is 11.8 Å². The Labute approximate surface area is 278 Å². The summed E-state index contributed by atoms with van der Waals surface area (Å²) in [6, 6.07) is 31.5. The van der Waals surface area contributed by atoms with Crippen LogP contribution in [0.25, 0.3) is 0 Å². The highest BCUT2D eigenvalue weighted by molar-refractivity contribution is 7.92. The van der Waals surface area contributed by atoms with Crippen molar-refractivity contribution in [2.75, 3.05) is 17.5 Å². The van der Waals surface area contributed by atoms with Crippen LogP contribution in [-0.4, -0.2) is 50.4 Å². The lowest BCUT2D eigenvalue weighted by Crippen LogP contribution is -2.54. The van der Waals surface area contributed by atoms with Crippen LogP contribution >= 0.6 is 0 Å². The van der Waals surface area contributed by atoms with Gasteiger partial charge in [-0.3, -0.25) is 13.9 Å². The number of benzene rings is 4. The first kappa shape index (κ1) is 33.7. The fourth-order valence-corrected chi connectivity index (χ4v) is 7.36. The van der Waals surface area contributed by atoms with Gasteiger partial charge in [0.25, 0.3) is 10.0 Å². The smallest absolute Gasteiger partial charge is 0.264 e. The summed E-state index contributed by atoms with van der Waals surface area (Å²) in [4.78, 5) is 30.3. The molecule has 2 amide bonds. The van der Waals surface area contributed by atoms with Crippen molar-refractivity contribution in [3.05, 3.63) is 126 Å². The lowest BCUT2D eigenvalue weighted by molar-refractivity contribution is -0.140. The SMILES string of the molecule is CCOc1ccc(S(=O)(=O)N(CC(=O)N(Cc2ccccc2)[C@H](Cc2ccccc2)C(=O)NC2CCCC2)c2ccc(C)cc2)cc1. The van der Waals surface area contributed by atoms with Crippen molar-refractivity contribution >= 4 is 27.5 Å². The molecule has 1 saturated carbocycles. The van der Waals surface area contributed by atoms with Crippen LogP contribution in [0.5, 0.6) is 5.75 Å². The van der Waals surface area contributed by atoms with E-state index in [-0.39, 0.29) is 29.8 Å². The molecule has 4 aromatic rings. The van der Waals surface area contributed by atoms with E-state index in [4.69, 9.17) is 4.74 Å². The Balaban J connectivity index is 1.54. The van der Waals surface area contributed by atoms with Crippen LogP contribution in [0.4, 0.5) is 5.69 Å². The Morgan fingerprint density at radius 2 is 1.43 bits per heavy atom. The molecule has 0 aliphatic heterocycles. The summed E-state index contributed by atoms with van der Waals surface area (Å²) in [6.45, 7) is 3.87. The third kappa shape index (κ3) is 8.80. The Hall–Kier alpha value is -4.63. The maximum Gasteiger partial charge on any atom is 0.264 e. The molecule has 0 radical (unpaired) electrons. The molecule has 1 N–H and O–H groups in total. The number of carbonyl (C=O) groups excluding carboxylic acids is 2. The topological polar surface area (TPSA) is 96.0 Å². The van der Waals surface area contributed by atoms with Crippen LogP contribution in [0.2, 0.25) is 0 Å². The van der Waals surface area contributed by atoms with Crippen LogP contribution in [0, 0.1) is 6.92 Å². The summed E-state index contributed by atoms with van der Waals surface area (Å²) in [6.07, 6.45) is 4.19. The van der Waals surface area contributed by atoms with Crippen molar-refractivity contribution in [1.29, 1.82) is 0 Å². The van der Waals surface area contributed by atoms with Gasteiger partial charge in [-0.15, -0.1) is 0 Å². The molecule has 0 saturated heterocycles. The van der Waals surface area contributed by atoms with E-state index in [0.717, 1.165) is 46.7 Å². The first-order chi connectivity index (χ1) is 22.7. The normalized spacial score (nSPS) is 13.9. The van der Waals surface area contributed by atoms with E-state index in [2.05, 4.69) is 5.32 Å². The van der Waals surface area contributed by atoms with E-state index >= 15 is 0 Å². The second-order valence-electron chi connectivity index (χ2n) is 12.0. The van der Waals surface area contributed by atoms with Crippen LogP contribution in [0.1, 0.15) is 49.3 Å². The van der Waals surface area contributed by atoms with Gasteiger partial charge in [-0.1, -0.05) is 91.2 Å². The van der Waals surface area contributed by atoms with Crippen LogP contribution in [0.3, 0.4) is 0 Å². The molecule has 8 nitrogen and oxygen atoms in total. The summed E-state index contributed by atoms with van der Waals surface area (Å²) in [5.41, 5.74) is 3.05. The summed E-state index contributed by atoms with van der Waals surface area (Å²) >= 11 is 0. The molecule has 1 fully saturated rings. The maximum atomic E-state index is 14.6. The highest BCUT2D eigenvalue weighted by Gasteiger charge is 2.35. The predicted octanol–water partition coefficient (Wildman–Crippen LogP) is 6.29. The minimum Gasteiger partial charge on any atom is -0.494 e. The molecule has 9 heteroatoms. The lowest BCUT2D eigenvalue weighted by Gasteiger charge is -2.34. The standard InChI is InChI=1S/C38H43N3O5S/c1-3-46-34-22-24-35(25-23-34)47(44,45)41(33-20-18-29(2)19-21-33)28-37(42)40(27-31-14-8-5-9-15-31)36(26-30-12-6-4-7-13-30)38(43)39-32-16-10-11-17-32/h4-9,12-15,18-25,32,36H,3,10-11,16-17,26-28H2,1-2H3,(H,39,43)/t36-/m1/s1. The summed E-state index contributed by atoms with van der Waals surface area (Å²) in [5, 5.41) is 3.21. The Bertz CT molecular complexity index is 1710. The third-order valence-electron chi connectivity index (χ3n) is 8.49. The van der Waals surface area contributed by atoms with E-state index < -0.39 is 28.5 Å². The average Bonchev–Trinajstić information content (AvgIpc) is 3.60. The van der Waals surface area contributed by atoms with Gasteiger partial charge in [-0.2, -0.15) is 0 Å². The second kappa shape index (κ2) is 15.8. The van der Waals surface area contributed by atoms with Crippen molar-refractivity contribution in [3.8, 4) is 5.75 Å². The van der Waals surface area contributed by atoms with Crippen molar-refractivity contribution in [1.82, 2.24) is 10.2 Å². The molecular weight excluding hydrogens is 611 g/mol. The molecule has 4 aromatic carbocycles. The molecule has 0 spiro atoms. The van der Waals surface area contributed by atoms with Gasteiger partial charge in [-0.05, 0) is 74.2 Å². The van der Waals surface area contributed by atoms with Crippen LogP contribution in [0.15, 0.2) is 114 Å². The number of hydrogen-bond donors (Lipinski definition) is 1. The van der Waals surface area contributed by atoms with E-state index in [1.165, 1.54) is 12.1 Å². The van der Waals surface area contributed by atoms with Gasteiger partial charge in [0.1, 0.15) is 18.3 Å². The Kier molecular flexibility index (Phi) is 11.3. The van der Waals surface area contributed by atoms with E-state index in [1.807, 2.05) is 86.6 Å². The number of sulfonamides is 1. The molecular formula is C38H43N3O5S. The van der Waals surface area contributed by atoms with Crippen molar-refractivity contribution < 1.29 is 22.7 Å². The number of nitrogens with zero attached hydrogens (tertiary/aromatic N) is 2. The number of rotatable bonds is 14. The minimum atomic E-state index is -4.19. The molecule has 246 valence electrons. The zero-order valence-electron chi connectivity index (χ0n) is 27.0. The molecule has 1 aliphatic rings. The fraction of sp³-hybridized carbons (Fsp3) is 0.316. The van der Waals surface area contributed by atoms with Crippen molar-refractivity contribution in [3.63, 3.8) is 0 Å². The highest BCUT2D eigenvalue weighted by Crippen LogP contribution is 2.27. The Morgan fingerprint density at radius 1 is 0.830 bits per heavy atom. The number of aryl methyl sites for hydroxylation is 1. The number of ether oxygens (including phenoxy) is 1. The predicted molar refractivity (Wildman–Crippen MR) is 185 cm³/mol. The second-order valence-corrected chi connectivity index (χ2v) is 13.8. The number of hydrogen-bond acceptors (Lipinski definition) is 5. The van der Waals surface area contributed by atoms with Crippen molar-refractivity contribution in [2.45, 2.75) is 69.5 Å². The molecule has 47 heavy (non-hydrogen) atoms. The molecule has 1 atom stereocenters. The van der Waals surface area contributed by atoms with E-state index in [1.54, 1.807) is 29.2 Å². The molecule has 0 unspecified atom stereocenters. The molecule has 0 heterocycles. The Morgan fingerprint density at radius 3 is 2.02 bits per heavy atom. The van der Waals surface area contributed by atoms with E-state index in [9.17, 15) is 18.0 Å². The van der Waals surface area contributed by atoms with Gasteiger partial charge in [-0.25, -0.2) is 8.42 Å². The number of amides is 2. The largest absolute Gasteiger partial charge is 0.494 e. The summed E-state index contributed by atoms with van der Waals surface area (Å²) in [5.74, 6) is -0.164. The van der Waals surface area contributed by atoms with Crippen LogP contribution in [-0.2, 0) is 32.6 Å². The number of nitrogens with one attached hydrogen (secondary N) is 1. The zero-order chi connectivity index (χ0) is 33.2. The fourth-order valence-electron chi connectivity index (χ4n) is 5.94. The van der Waals surface area contributed by atoms with Crippen molar-refractivity contribution in [2.24, 2.45) is 0 Å². The first-order valence-electron chi connectivity index (χ1n) is 16.2. The van der Waals surface area contributed by atoms with E-state index in [0.29, 0.717) is 18.0 Å². The summed E-state index contributed by atoms with van der Waals surface area (Å²) in [7, 11) is -4.19. The summed E-state index contributed by atoms with van der Waals surface area (Å²) < 4.78 is 35.2. The quantitative estimate of drug-likeness (QED) is 0.173. The number of anilines is 1. The molecule has 1 aliphatic carbocycles. The average molecular weight is 654 g/mol. The number of carbonyl (C=O) groups is 2. The van der Waals surface area contributed by atoms with Gasteiger partial charge in [0.15, 0.2) is 0 Å². The monoisotopic (exact) mass is 653 g/mol. The van der Waals surface area contributed by atoms with Gasteiger partial charge >= 0.3 is 0 Å². The van der Waals surface area contributed by atoms with Gasteiger partial charge in [0.05, 0.1) is 17.2 Å². The molecule has 5 rings (SSSR count). The van der Waals surface area contributed by atoms with Gasteiger partial charge < -0.3 is 15.0 Å². The van der Waals surface area contributed by atoms with Crippen LogP contribution < -0.4 is 14.4 Å². The highest BCUT2D eigenvalue weighted by atomic mass is 32.2. The maximum absolute atomic E-state index is 14.6. The zero-order valence-corrected chi connectivity index (χ0v) is 27.9.